The predicted octanol–water partition coefficient (Wildman–Crippen LogP) is 4.64. The van der Waals surface area contributed by atoms with Gasteiger partial charge in [0.1, 0.15) is 11.3 Å². The van der Waals surface area contributed by atoms with E-state index in [1.807, 2.05) is 36.4 Å². The van der Waals surface area contributed by atoms with E-state index >= 15 is 0 Å². The molecule has 0 saturated heterocycles. The maximum Gasteiger partial charge on any atom is 0.257 e. The number of fused-ring (bicyclic) bond motifs is 2. The highest BCUT2D eigenvalue weighted by Gasteiger charge is 2.17. The summed E-state index contributed by atoms with van der Waals surface area (Å²) in [6, 6.07) is 11.5. The predicted molar refractivity (Wildman–Crippen MR) is 85.3 cm³/mol. The summed E-state index contributed by atoms with van der Waals surface area (Å²) in [4.78, 5) is 4.46. The highest BCUT2D eigenvalue weighted by atomic mass is 35.5. The SMILES string of the molecule is Clc1cc2c(c(CSc3nc4ccccc4o3)c1)OCOC2. The summed E-state index contributed by atoms with van der Waals surface area (Å²) in [5.41, 5.74) is 3.66. The molecule has 1 aliphatic rings. The van der Waals surface area contributed by atoms with Gasteiger partial charge in [-0.3, -0.25) is 0 Å². The molecule has 0 aliphatic carbocycles. The van der Waals surface area contributed by atoms with Gasteiger partial charge in [0.2, 0.25) is 0 Å². The highest BCUT2D eigenvalue weighted by molar-refractivity contribution is 7.98. The Morgan fingerprint density at radius 1 is 1.23 bits per heavy atom. The third kappa shape index (κ3) is 2.67. The van der Waals surface area contributed by atoms with Crippen LogP contribution in [0.3, 0.4) is 0 Å². The summed E-state index contributed by atoms with van der Waals surface area (Å²) in [6.45, 7) is 0.797. The van der Waals surface area contributed by atoms with Gasteiger partial charge in [0.05, 0.1) is 6.61 Å². The summed E-state index contributed by atoms with van der Waals surface area (Å²) in [5, 5.41) is 1.32. The van der Waals surface area contributed by atoms with E-state index in [-0.39, 0.29) is 6.79 Å². The molecule has 0 N–H and O–H groups in total. The summed E-state index contributed by atoms with van der Waals surface area (Å²) in [6.07, 6.45) is 0. The Balaban J connectivity index is 1.59. The molecule has 0 spiro atoms. The second-order valence-electron chi connectivity index (χ2n) is 4.90. The first-order valence-corrected chi connectivity index (χ1v) is 8.16. The van der Waals surface area contributed by atoms with Crippen LogP contribution in [0.15, 0.2) is 46.0 Å². The molecule has 6 heteroatoms. The molecule has 0 saturated carbocycles. The maximum absolute atomic E-state index is 6.17. The number of thioether (sulfide) groups is 1. The number of para-hydroxylation sites is 2. The van der Waals surface area contributed by atoms with Crippen molar-refractivity contribution in [2.45, 2.75) is 17.6 Å². The lowest BCUT2D eigenvalue weighted by atomic mass is 10.1. The van der Waals surface area contributed by atoms with Crippen LogP contribution in [-0.4, -0.2) is 11.8 Å². The van der Waals surface area contributed by atoms with E-state index in [1.54, 1.807) is 0 Å². The highest BCUT2D eigenvalue weighted by Crippen LogP contribution is 2.35. The maximum atomic E-state index is 6.17. The summed E-state index contributed by atoms with van der Waals surface area (Å²) in [7, 11) is 0. The number of ether oxygens (including phenoxy) is 2. The van der Waals surface area contributed by atoms with Crippen LogP contribution >= 0.6 is 23.4 Å². The van der Waals surface area contributed by atoms with Gasteiger partial charge in [0.15, 0.2) is 12.4 Å². The number of hydrogen-bond acceptors (Lipinski definition) is 5. The van der Waals surface area contributed by atoms with Crippen LogP contribution in [0.2, 0.25) is 5.02 Å². The zero-order chi connectivity index (χ0) is 14.9. The zero-order valence-electron chi connectivity index (χ0n) is 11.5. The molecule has 2 aromatic carbocycles. The van der Waals surface area contributed by atoms with Gasteiger partial charge in [0.25, 0.3) is 5.22 Å². The lowest BCUT2D eigenvalue weighted by molar-refractivity contribution is -0.0168. The first-order valence-electron chi connectivity index (χ1n) is 6.80. The van der Waals surface area contributed by atoms with E-state index in [0.29, 0.717) is 22.6 Å². The van der Waals surface area contributed by atoms with Gasteiger partial charge in [-0.25, -0.2) is 4.98 Å². The van der Waals surface area contributed by atoms with Crippen molar-refractivity contribution in [3.05, 3.63) is 52.5 Å². The number of halogens is 1. The smallest absolute Gasteiger partial charge is 0.257 e. The average molecular weight is 334 g/mol. The van der Waals surface area contributed by atoms with Crippen LogP contribution in [0.25, 0.3) is 11.1 Å². The Bertz CT molecular complexity index is 800. The van der Waals surface area contributed by atoms with Crippen molar-refractivity contribution in [2.75, 3.05) is 6.79 Å². The second-order valence-corrected chi connectivity index (χ2v) is 6.26. The minimum Gasteiger partial charge on any atom is -0.467 e. The van der Waals surface area contributed by atoms with Crippen molar-refractivity contribution in [3.8, 4) is 5.75 Å². The Labute approximate surface area is 136 Å². The first-order chi connectivity index (χ1) is 10.8. The number of nitrogens with zero attached hydrogens (tertiary/aromatic N) is 1. The minimum atomic E-state index is 0.273. The van der Waals surface area contributed by atoms with Crippen LogP contribution in [0.5, 0.6) is 5.75 Å². The molecule has 2 heterocycles. The fraction of sp³-hybridized carbons (Fsp3) is 0.188. The molecule has 4 nitrogen and oxygen atoms in total. The minimum absolute atomic E-state index is 0.273. The fourth-order valence-electron chi connectivity index (χ4n) is 2.42. The fourth-order valence-corrected chi connectivity index (χ4v) is 3.48. The molecule has 0 bridgehead atoms. The van der Waals surface area contributed by atoms with Crippen molar-refractivity contribution < 1.29 is 13.9 Å². The molecule has 0 atom stereocenters. The van der Waals surface area contributed by atoms with Crippen molar-refractivity contribution in [1.29, 1.82) is 0 Å². The quantitative estimate of drug-likeness (QED) is 0.653. The van der Waals surface area contributed by atoms with E-state index in [1.165, 1.54) is 11.8 Å². The zero-order valence-corrected chi connectivity index (χ0v) is 13.1. The van der Waals surface area contributed by atoms with E-state index in [9.17, 15) is 0 Å². The molecule has 0 radical (unpaired) electrons. The molecule has 3 aromatic rings. The van der Waals surface area contributed by atoms with Gasteiger partial charge in [0, 0.05) is 21.9 Å². The largest absolute Gasteiger partial charge is 0.467 e. The molecule has 1 aliphatic heterocycles. The summed E-state index contributed by atoms with van der Waals surface area (Å²) < 4.78 is 16.6. The van der Waals surface area contributed by atoms with E-state index in [4.69, 9.17) is 25.5 Å². The number of benzene rings is 2. The topological polar surface area (TPSA) is 44.5 Å². The van der Waals surface area contributed by atoms with Crippen molar-refractivity contribution >= 4 is 34.5 Å². The van der Waals surface area contributed by atoms with Crippen LogP contribution < -0.4 is 4.74 Å². The van der Waals surface area contributed by atoms with Gasteiger partial charge in [-0.1, -0.05) is 35.5 Å². The van der Waals surface area contributed by atoms with Crippen LogP contribution in [0.1, 0.15) is 11.1 Å². The van der Waals surface area contributed by atoms with Gasteiger partial charge < -0.3 is 13.9 Å². The molecular formula is C16H12ClNO3S. The lowest BCUT2D eigenvalue weighted by Gasteiger charge is -2.20. The monoisotopic (exact) mass is 333 g/mol. The van der Waals surface area contributed by atoms with Crippen LogP contribution in [0, 0.1) is 0 Å². The van der Waals surface area contributed by atoms with Crippen molar-refractivity contribution in [3.63, 3.8) is 0 Å². The van der Waals surface area contributed by atoms with Crippen LogP contribution in [0.4, 0.5) is 0 Å². The molecule has 1 aromatic heterocycles. The second kappa shape index (κ2) is 5.83. The molecule has 0 fully saturated rings. The number of aromatic nitrogens is 1. The molecule has 112 valence electrons. The molecule has 22 heavy (non-hydrogen) atoms. The van der Waals surface area contributed by atoms with Gasteiger partial charge in [-0.15, -0.1) is 0 Å². The normalized spacial score (nSPS) is 13.9. The average Bonchev–Trinajstić information content (AvgIpc) is 2.95. The van der Waals surface area contributed by atoms with E-state index in [2.05, 4.69) is 4.98 Å². The molecular weight excluding hydrogens is 322 g/mol. The Morgan fingerprint density at radius 2 is 2.14 bits per heavy atom. The third-order valence-electron chi connectivity index (χ3n) is 3.38. The van der Waals surface area contributed by atoms with Gasteiger partial charge in [-0.2, -0.15) is 0 Å². The van der Waals surface area contributed by atoms with E-state index < -0.39 is 0 Å². The summed E-state index contributed by atoms with van der Waals surface area (Å²) in [5.74, 6) is 1.54. The number of hydrogen-bond donors (Lipinski definition) is 0. The number of rotatable bonds is 3. The van der Waals surface area contributed by atoms with Crippen molar-refractivity contribution in [1.82, 2.24) is 4.98 Å². The van der Waals surface area contributed by atoms with Crippen LogP contribution in [-0.2, 0) is 17.1 Å². The lowest BCUT2D eigenvalue weighted by Crippen LogP contribution is -2.12. The third-order valence-corrected chi connectivity index (χ3v) is 4.47. The summed E-state index contributed by atoms with van der Waals surface area (Å²) >= 11 is 7.69. The van der Waals surface area contributed by atoms with Gasteiger partial charge in [-0.05, 0) is 24.3 Å². The van der Waals surface area contributed by atoms with E-state index in [0.717, 1.165) is 28.0 Å². The molecule has 0 amide bonds. The first kappa shape index (κ1) is 13.9. The van der Waals surface area contributed by atoms with Crippen molar-refractivity contribution in [2.24, 2.45) is 0 Å². The molecule has 4 rings (SSSR count). The molecule has 0 unspecified atom stereocenters. The standard InChI is InChI=1S/C16H12ClNO3S/c17-12-5-10-7-19-9-20-15(10)11(6-12)8-22-16-18-13-3-1-2-4-14(13)21-16/h1-6H,7-9H2. The van der Waals surface area contributed by atoms with Gasteiger partial charge >= 0.3 is 0 Å². The Hall–Kier alpha value is -1.69. The Kier molecular flexibility index (Phi) is 3.70. The number of oxazole rings is 1. The Morgan fingerprint density at radius 3 is 3.05 bits per heavy atom.